The fourth-order valence-electron chi connectivity index (χ4n) is 2.75. The number of pyridine rings is 1. The molecule has 1 aliphatic rings. The fraction of sp³-hybridized carbons (Fsp3) is 0.571. The molecule has 0 amide bonds. The third kappa shape index (κ3) is 3.44. The minimum absolute atomic E-state index is 0.0610. The van der Waals surface area contributed by atoms with E-state index in [0.29, 0.717) is 18.3 Å². The Balaban J connectivity index is 1.99. The Morgan fingerprint density at radius 3 is 3.00 bits per heavy atom. The summed E-state index contributed by atoms with van der Waals surface area (Å²) in [6, 6.07) is 4.31. The van der Waals surface area contributed by atoms with Crippen LogP contribution < -0.4 is 11.1 Å². The number of hydrogen-bond donors (Lipinski definition) is 3. The van der Waals surface area contributed by atoms with Crippen molar-refractivity contribution in [3.05, 3.63) is 29.6 Å². The molecule has 0 aliphatic heterocycles. The molecule has 1 atom stereocenters. The minimum Gasteiger partial charge on any atom is -0.409 e. The minimum atomic E-state index is 0.0610. The predicted molar refractivity (Wildman–Crippen MR) is 75.0 cm³/mol. The summed E-state index contributed by atoms with van der Waals surface area (Å²) in [4.78, 5) is 4.17. The summed E-state index contributed by atoms with van der Waals surface area (Å²) in [5, 5.41) is 15.3. The SMILES string of the molecule is C[C@@H](NCc1cccnc1/C(N)=N/O)C1CCCC1. The highest BCUT2D eigenvalue weighted by Gasteiger charge is 2.21. The zero-order valence-corrected chi connectivity index (χ0v) is 11.3. The predicted octanol–water partition coefficient (Wildman–Crippen LogP) is 1.84. The van der Waals surface area contributed by atoms with Gasteiger partial charge in [-0.25, -0.2) is 0 Å². The van der Waals surface area contributed by atoms with Crippen molar-refractivity contribution in [2.45, 2.75) is 45.2 Å². The van der Waals surface area contributed by atoms with Crippen molar-refractivity contribution in [3.63, 3.8) is 0 Å². The fourth-order valence-corrected chi connectivity index (χ4v) is 2.75. The first kappa shape index (κ1) is 13.8. The highest BCUT2D eigenvalue weighted by molar-refractivity contribution is 5.96. The van der Waals surface area contributed by atoms with Crippen molar-refractivity contribution in [2.75, 3.05) is 0 Å². The third-order valence-corrected chi connectivity index (χ3v) is 3.96. The molecular weight excluding hydrogens is 240 g/mol. The molecule has 1 aliphatic carbocycles. The van der Waals surface area contributed by atoms with Gasteiger partial charge in [0.1, 0.15) is 5.69 Å². The number of aromatic nitrogens is 1. The van der Waals surface area contributed by atoms with Gasteiger partial charge in [-0.05, 0) is 37.3 Å². The van der Waals surface area contributed by atoms with E-state index in [1.807, 2.05) is 12.1 Å². The van der Waals surface area contributed by atoms with E-state index in [2.05, 4.69) is 22.4 Å². The Morgan fingerprint density at radius 1 is 1.58 bits per heavy atom. The molecule has 1 aromatic heterocycles. The number of nitrogens with one attached hydrogen (secondary N) is 1. The molecule has 4 N–H and O–H groups in total. The first-order chi connectivity index (χ1) is 9.22. The van der Waals surface area contributed by atoms with Crippen molar-refractivity contribution in [2.24, 2.45) is 16.8 Å². The van der Waals surface area contributed by atoms with Crippen molar-refractivity contribution in [3.8, 4) is 0 Å². The van der Waals surface area contributed by atoms with Crippen LogP contribution in [0.1, 0.15) is 43.9 Å². The summed E-state index contributed by atoms with van der Waals surface area (Å²) in [6.45, 7) is 2.92. The van der Waals surface area contributed by atoms with E-state index < -0.39 is 0 Å². The second-order valence-corrected chi connectivity index (χ2v) is 5.21. The molecule has 0 radical (unpaired) electrons. The number of nitrogens with two attached hydrogens (primary N) is 1. The Kier molecular flexibility index (Phi) is 4.74. The van der Waals surface area contributed by atoms with Gasteiger partial charge in [-0.2, -0.15) is 0 Å². The molecule has 5 nitrogen and oxygen atoms in total. The quantitative estimate of drug-likeness (QED) is 0.327. The van der Waals surface area contributed by atoms with Gasteiger partial charge in [0.15, 0.2) is 5.84 Å². The standard InChI is InChI=1S/C14H22N4O/c1-10(11-5-2-3-6-11)17-9-12-7-4-8-16-13(12)14(15)18-19/h4,7-8,10-11,17,19H,2-3,5-6,9H2,1H3,(H2,15,18)/t10-/m1/s1. The average molecular weight is 262 g/mol. The zero-order chi connectivity index (χ0) is 13.7. The highest BCUT2D eigenvalue weighted by atomic mass is 16.4. The molecule has 1 saturated carbocycles. The smallest absolute Gasteiger partial charge is 0.189 e. The van der Waals surface area contributed by atoms with Crippen LogP contribution in [-0.4, -0.2) is 22.1 Å². The molecule has 1 aromatic rings. The molecule has 1 heterocycles. The number of rotatable bonds is 5. The van der Waals surface area contributed by atoms with Gasteiger partial charge in [0.25, 0.3) is 0 Å². The van der Waals surface area contributed by atoms with Crippen LogP contribution in [0.2, 0.25) is 0 Å². The summed E-state index contributed by atoms with van der Waals surface area (Å²) in [5.41, 5.74) is 7.15. The Bertz CT molecular complexity index is 441. The second-order valence-electron chi connectivity index (χ2n) is 5.21. The van der Waals surface area contributed by atoms with Crippen LogP contribution in [0.15, 0.2) is 23.5 Å². The lowest BCUT2D eigenvalue weighted by Crippen LogP contribution is -2.32. The van der Waals surface area contributed by atoms with Crippen LogP contribution in [0.25, 0.3) is 0 Å². The molecule has 5 heteroatoms. The second kappa shape index (κ2) is 6.52. The molecule has 0 aromatic carbocycles. The maximum absolute atomic E-state index is 8.77. The average Bonchev–Trinajstić information content (AvgIpc) is 2.98. The molecule has 0 bridgehead atoms. The van der Waals surface area contributed by atoms with Crippen LogP contribution in [-0.2, 0) is 6.54 Å². The van der Waals surface area contributed by atoms with Gasteiger partial charge in [-0.3, -0.25) is 4.98 Å². The van der Waals surface area contributed by atoms with E-state index in [0.717, 1.165) is 11.5 Å². The third-order valence-electron chi connectivity index (χ3n) is 3.96. The summed E-state index contributed by atoms with van der Waals surface area (Å²) < 4.78 is 0. The van der Waals surface area contributed by atoms with Crippen LogP contribution in [0.5, 0.6) is 0 Å². The first-order valence-electron chi connectivity index (χ1n) is 6.87. The topological polar surface area (TPSA) is 83.5 Å². The molecule has 2 rings (SSSR count). The maximum Gasteiger partial charge on any atom is 0.189 e. The van der Waals surface area contributed by atoms with Crippen molar-refractivity contribution in [1.82, 2.24) is 10.3 Å². The molecule has 19 heavy (non-hydrogen) atoms. The number of hydrogen-bond acceptors (Lipinski definition) is 4. The van der Waals surface area contributed by atoms with Gasteiger partial charge < -0.3 is 16.3 Å². The summed E-state index contributed by atoms with van der Waals surface area (Å²) in [7, 11) is 0. The van der Waals surface area contributed by atoms with E-state index in [4.69, 9.17) is 10.9 Å². The lowest BCUT2D eigenvalue weighted by atomic mass is 9.99. The van der Waals surface area contributed by atoms with E-state index in [-0.39, 0.29) is 5.84 Å². The molecule has 104 valence electrons. The van der Waals surface area contributed by atoms with Crippen LogP contribution in [0.3, 0.4) is 0 Å². The lowest BCUT2D eigenvalue weighted by molar-refractivity contribution is 0.318. The van der Waals surface area contributed by atoms with Gasteiger partial charge in [-0.15, -0.1) is 0 Å². The zero-order valence-electron chi connectivity index (χ0n) is 11.3. The Morgan fingerprint density at radius 2 is 2.32 bits per heavy atom. The Hall–Kier alpha value is -1.62. The van der Waals surface area contributed by atoms with Crippen molar-refractivity contribution in [1.29, 1.82) is 0 Å². The summed E-state index contributed by atoms with van der Waals surface area (Å²) in [5.74, 6) is 0.829. The number of amidine groups is 1. The molecule has 0 saturated heterocycles. The van der Waals surface area contributed by atoms with Gasteiger partial charge in [0.05, 0.1) is 0 Å². The molecule has 1 fully saturated rings. The van der Waals surface area contributed by atoms with E-state index in [9.17, 15) is 0 Å². The number of nitrogens with zero attached hydrogens (tertiary/aromatic N) is 2. The first-order valence-corrected chi connectivity index (χ1v) is 6.87. The van der Waals surface area contributed by atoms with Crippen molar-refractivity contribution < 1.29 is 5.21 Å². The van der Waals surface area contributed by atoms with Crippen LogP contribution >= 0.6 is 0 Å². The van der Waals surface area contributed by atoms with Crippen LogP contribution in [0, 0.1) is 5.92 Å². The summed E-state index contributed by atoms with van der Waals surface area (Å²) >= 11 is 0. The van der Waals surface area contributed by atoms with Gasteiger partial charge in [0.2, 0.25) is 0 Å². The maximum atomic E-state index is 8.77. The molecular formula is C14H22N4O. The summed E-state index contributed by atoms with van der Waals surface area (Å²) in [6.07, 6.45) is 6.97. The van der Waals surface area contributed by atoms with Crippen LogP contribution in [0.4, 0.5) is 0 Å². The Labute approximate surface area is 113 Å². The van der Waals surface area contributed by atoms with Gasteiger partial charge >= 0.3 is 0 Å². The van der Waals surface area contributed by atoms with Gasteiger partial charge in [0, 0.05) is 18.8 Å². The van der Waals surface area contributed by atoms with E-state index in [1.165, 1.54) is 25.7 Å². The lowest BCUT2D eigenvalue weighted by Gasteiger charge is -2.21. The molecule has 0 unspecified atom stereocenters. The highest BCUT2D eigenvalue weighted by Crippen LogP contribution is 2.27. The monoisotopic (exact) mass is 262 g/mol. The largest absolute Gasteiger partial charge is 0.409 e. The van der Waals surface area contributed by atoms with E-state index in [1.54, 1.807) is 6.20 Å². The van der Waals surface area contributed by atoms with E-state index >= 15 is 0 Å². The number of oxime groups is 1. The molecule has 0 spiro atoms. The normalized spacial score (nSPS) is 18.7. The van der Waals surface area contributed by atoms with Crippen molar-refractivity contribution >= 4 is 5.84 Å². The van der Waals surface area contributed by atoms with Gasteiger partial charge in [-0.1, -0.05) is 24.1 Å².